The maximum Gasteiger partial charge on any atom is 0.0695 e. The summed E-state index contributed by atoms with van der Waals surface area (Å²) in [5.74, 6) is 0. The largest absolute Gasteiger partial charge is 0.283 e. The normalized spacial score (nSPS) is 26.4. The molecule has 0 N–H and O–H groups in total. The van der Waals surface area contributed by atoms with Gasteiger partial charge in [0.25, 0.3) is 0 Å². The van der Waals surface area contributed by atoms with Crippen molar-refractivity contribution in [3.63, 3.8) is 0 Å². The van der Waals surface area contributed by atoms with Crippen LogP contribution in [0.2, 0.25) is 0 Å². The highest BCUT2D eigenvalue weighted by molar-refractivity contribution is 5.46. The van der Waals surface area contributed by atoms with Crippen LogP contribution in [0, 0.1) is 0 Å². The van der Waals surface area contributed by atoms with Gasteiger partial charge in [0.05, 0.1) is 5.54 Å². The van der Waals surface area contributed by atoms with Crippen molar-refractivity contribution in [1.29, 1.82) is 0 Å². The van der Waals surface area contributed by atoms with Gasteiger partial charge in [0.1, 0.15) is 0 Å². The summed E-state index contributed by atoms with van der Waals surface area (Å²) in [6, 6.07) is 20.7. The SMILES string of the molecule is CC1(c2ccccc2)c2ccccc2CN1C1CC1. The molecule has 2 aromatic rings. The number of rotatable bonds is 2. The molecule has 1 aliphatic carbocycles. The van der Waals surface area contributed by atoms with Crippen LogP contribution in [0.15, 0.2) is 54.6 Å². The van der Waals surface area contributed by atoms with Gasteiger partial charge >= 0.3 is 0 Å². The lowest BCUT2D eigenvalue weighted by Gasteiger charge is -2.37. The van der Waals surface area contributed by atoms with E-state index in [4.69, 9.17) is 0 Å². The highest BCUT2D eigenvalue weighted by Gasteiger charge is 2.48. The van der Waals surface area contributed by atoms with Crippen molar-refractivity contribution < 1.29 is 0 Å². The Morgan fingerprint density at radius 3 is 2.37 bits per heavy atom. The molecule has 1 unspecified atom stereocenters. The van der Waals surface area contributed by atoms with Crippen molar-refractivity contribution in [2.45, 2.75) is 37.9 Å². The predicted octanol–water partition coefficient (Wildman–Crippen LogP) is 3.93. The quantitative estimate of drug-likeness (QED) is 0.779. The summed E-state index contributed by atoms with van der Waals surface area (Å²) in [5, 5.41) is 0. The topological polar surface area (TPSA) is 3.24 Å². The van der Waals surface area contributed by atoms with Crippen LogP contribution in [0.25, 0.3) is 0 Å². The van der Waals surface area contributed by atoms with Crippen LogP contribution in [0.5, 0.6) is 0 Å². The number of benzene rings is 2. The second kappa shape index (κ2) is 3.94. The first-order valence-corrected chi connectivity index (χ1v) is 7.21. The monoisotopic (exact) mass is 249 g/mol. The molecular weight excluding hydrogens is 230 g/mol. The summed E-state index contributed by atoms with van der Waals surface area (Å²) in [6.07, 6.45) is 2.72. The third kappa shape index (κ3) is 1.58. The van der Waals surface area contributed by atoms with Crippen LogP contribution in [0.1, 0.15) is 36.5 Å². The lowest BCUT2D eigenvalue weighted by Crippen LogP contribution is -2.40. The van der Waals surface area contributed by atoms with Gasteiger partial charge in [-0.25, -0.2) is 0 Å². The van der Waals surface area contributed by atoms with Gasteiger partial charge in [0, 0.05) is 12.6 Å². The third-order valence-electron chi connectivity index (χ3n) is 4.78. The Balaban J connectivity index is 1.90. The highest BCUT2D eigenvalue weighted by Crippen LogP contribution is 2.49. The first kappa shape index (κ1) is 11.2. The van der Waals surface area contributed by atoms with Crippen molar-refractivity contribution in [2.75, 3.05) is 0 Å². The number of nitrogens with zero attached hydrogens (tertiary/aromatic N) is 1. The number of hydrogen-bond donors (Lipinski definition) is 0. The third-order valence-corrected chi connectivity index (χ3v) is 4.78. The smallest absolute Gasteiger partial charge is 0.0695 e. The molecule has 1 atom stereocenters. The standard InChI is InChI=1S/C18H19N/c1-18(15-8-3-2-4-9-15)17-10-6-5-7-14(17)13-19(18)16-11-12-16/h2-10,16H,11-13H2,1H3. The van der Waals surface area contributed by atoms with Gasteiger partial charge in [-0.3, -0.25) is 4.90 Å². The molecule has 0 spiro atoms. The van der Waals surface area contributed by atoms with E-state index in [2.05, 4.69) is 66.4 Å². The van der Waals surface area contributed by atoms with Crippen LogP contribution >= 0.6 is 0 Å². The predicted molar refractivity (Wildman–Crippen MR) is 77.9 cm³/mol. The Morgan fingerprint density at radius 1 is 0.947 bits per heavy atom. The van der Waals surface area contributed by atoms with Crippen molar-refractivity contribution in [2.24, 2.45) is 0 Å². The van der Waals surface area contributed by atoms with E-state index in [1.54, 1.807) is 0 Å². The van der Waals surface area contributed by atoms with Crippen LogP contribution in [0.3, 0.4) is 0 Å². The Hall–Kier alpha value is -1.60. The summed E-state index contributed by atoms with van der Waals surface area (Å²) >= 11 is 0. The van der Waals surface area contributed by atoms with E-state index in [1.807, 2.05) is 0 Å². The molecule has 2 aromatic carbocycles. The Bertz CT molecular complexity index is 600. The van der Waals surface area contributed by atoms with E-state index >= 15 is 0 Å². The molecule has 1 nitrogen and oxygen atoms in total. The van der Waals surface area contributed by atoms with Gasteiger partial charge in [0.15, 0.2) is 0 Å². The van der Waals surface area contributed by atoms with Crippen LogP contribution in [-0.2, 0) is 12.1 Å². The zero-order valence-corrected chi connectivity index (χ0v) is 11.3. The zero-order valence-electron chi connectivity index (χ0n) is 11.3. The van der Waals surface area contributed by atoms with Gasteiger partial charge in [-0.1, -0.05) is 54.6 Å². The van der Waals surface area contributed by atoms with E-state index in [1.165, 1.54) is 29.5 Å². The summed E-state index contributed by atoms with van der Waals surface area (Å²) in [5.41, 5.74) is 4.47. The van der Waals surface area contributed by atoms with Gasteiger partial charge in [-0.15, -0.1) is 0 Å². The molecule has 19 heavy (non-hydrogen) atoms. The molecule has 0 saturated heterocycles. The number of fused-ring (bicyclic) bond motifs is 1. The lowest BCUT2D eigenvalue weighted by atomic mass is 9.84. The van der Waals surface area contributed by atoms with Crippen molar-refractivity contribution >= 4 is 0 Å². The Morgan fingerprint density at radius 2 is 1.63 bits per heavy atom. The Labute approximate surface area is 114 Å². The first-order chi connectivity index (χ1) is 9.30. The van der Waals surface area contributed by atoms with Gasteiger partial charge in [0.2, 0.25) is 0 Å². The zero-order chi connectivity index (χ0) is 12.9. The fourth-order valence-corrected chi connectivity index (χ4v) is 3.59. The fourth-order valence-electron chi connectivity index (χ4n) is 3.59. The number of hydrogen-bond acceptors (Lipinski definition) is 1. The molecule has 1 saturated carbocycles. The average molecular weight is 249 g/mol. The van der Waals surface area contributed by atoms with Crippen LogP contribution in [0.4, 0.5) is 0 Å². The van der Waals surface area contributed by atoms with Gasteiger partial charge in [-0.2, -0.15) is 0 Å². The highest BCUT2D eigenvalue weighted by atomic mass is 15.3. The maximum absolute atomic E-state index is 2.70. The summed E-state index contributed by atoms with van der Waals surface area (Å²) in [7, 11) is 0. The lowest BCUT2D eigenvalue weighted by molar-refractivity contribution is 0.146. The van der Waals surface area contributed by atoms with Crippen molar-refractivity contribution in [3.8, 4) is 0 Å². The van der Waals surface area contributed by atoms with E-state index < -0.39 is 0 Å². The first-order valence-electron chi connectivity index (χ1n) is 7.21. The van der Waals surface area contributed by atoms with E-state index in [9.17, 15) is 0 Å². The van der Waals surface area contributed by atoms with Gasteiger partial charge in [-0.05, 0) is 36.5 Å². The summed E-state index contributed by atoms with van der Waals surface area (Å²) in [6.45, 7) is 3.50. The van der Waals surface area contributed by atoms with Crippen LogP contribution in [-0.4, -0.2) is 10.9 Å². The van der Waals surface area contributed by atoms with E-state index in [-0.39, 0.29) is 5.54 Å². The second-order valence-electron chi connectivity index (χ2n) is 5.95. The Kier molecular flexibility index (Phi) is 2.33. The van der Waals surface area contributed by atoms with E-state index in [0.717, 1.165) is 12.6 Å². The van der Waals surface area contributed by atoms with E-state index in [0.29, 0.717) is 0 Å². The fraction of sp³-hybridized carbons (Fsp3) is 0.333. The van der Waals surface area contributed by atoms with Gasteiger partial charge < -0.3 is 0 Å². The molecule has 2 aliphatic rings. The molecule has 0 bridgehead atoms. The molecule has 0 amide bonds. The summed E-state index contributed by atoms with van der Waals surface area (Å²) < 4.78 is 0. The molecule has 0 radical (unpaired) electrons. The minimum atomic E-state index is 0.0546. The summed E-state index contributed by atoms with van der Waals surface area (Å²) in [4.78, 5) is 2.70. The molecule has 1 heteroatoms. The molecular formula is C18H19N. The minimum Gasteiger partial charge on any atom is -0.283 e. The maximum atomic E-state index is 2.70. The van der Waals surface area contributed by atoms with Crippen molar-refractivity contribution in [1.82, 2.24) is 4.90 Å². The molecule has 1 heterocycles. The minimum absolute atomic E-state index is 0.0546. The second-order valence-corrected chi connectivity index (χ2v) is 5.95. The molecule has 1 fully saturated rings. The molecule has 1 aliphatic heterocycles. The van der Waals surface area contributed by atoms with Crippen molar-refractivity contribution in [3.05, 3.63) is 71.3 Å². The molecule has 0 aromatic heterocycles. The average Bonchev–Trinajstić information content (AvgIpc) is 3.26. The van der Waals surface area contributed by atoms with Crippen LogP contribution < -0.4 is 0 Å². The molecule has 4 rings (SSSR count). The molecule has 96 valence electrons.